The van der Waals surface area contributed by atoms with Crippen LogP contribution < -0.4 is 0 Å². The van der Waals surface area contributed by atoms with Crippen molar-refractivity contribution in [2.75, 3.05) is 21.3 Å². The van der Waals surface area contributed by atoms with Gasteiger partial charge >= 0.3 is 5.97 Å². The third-order valence-electron chi connectivity index (χ3n) is 15.4. The van der Waals surface area contributed by atoms with Crippen LogP contribution in [0.2, 0.25) is 0 Å². The van der Waals surface area contributed by atoms with E-state index in [0.29, 0.717) is 63.4 Å². The fourth-order valence-corrected chi connectivity index (χ4v) is 11.2. The lowest BCUT2D eigenvalue weighted by Crippen LogP contribution is -2.87. The Labute approximate surface area is 386 Å². The zero-order valence-corrected chi connectivity index (χ0v) is 40.5. The Morgan fingerprint density at radius 3 is 2.26 bits per heavy atom. The van der Waals surface area contributed by atoms with Crippen LogP contribution in [-0.2, 0) is 42.9 Å². The molecule has 14 nitrogen and oxygen atoms in total. The molecule has 5 rings (SSSR count). The molecule has 1 aliphatic carbocycles. The molecule has 5 aliphatic rings. The van der Waals surface area contributed by atoms with Crippen molar-refractivity contribution >= 4 is 23.4 Å². The number of hydrogen-bond donors (Lipinski definition) is 4. The topological polar surface area (TPSA) is 199 Å². The van der Waals surface area contributed by atoms with Crippen molar-refractivity contribution in [3.8, 4) is 0 Å². The SMILES string of the molecule is COC1CC2CC[C@@H](C)C(O)(O2)C2(O)C(=O)N3C2CCC[C@H]3C(=O)OC(C(C)CC2CCC(O)C(OC)C2)CC(=O)C(C)=CC(C)C(O)C(OC)C(=O)[C@H](C)CC(C)C=CC=CC=C1C. The van der Waals surface area contributed by atoms with Crippen LogP contribution in [0, 0.1) is 35.5 Å². The number of rotatable bonds is 6. The van der Waals surface area contributed by atoms with Crippen LogP contribution in [0.1, 0.15) is 126 Å². The minimum absolute atomic E-state index is 0.0300. The first-order chi connectivity index (χ1) is 30.7. The molecule has 4 heterocycles. The van der Waals surface area contributed by atoms with Crippen molar-refractivity contribution in [3.63, 3.8) is 0 Å². The smallest absolute Gasteiger partial charge is 0.329 e. The molecule has 4 aliphatic heterocycles. The van der Waals surface area contributed by atoms with Crippen molar-refractivity contribution in [1.29, 1.82) is 0 Å². The van der Waals surface area contributed by atoms with Crippen molar-refractivity contribution in [3.05, 3.63) is 47.6 Å². The first kappa shape index (κ1) is 52.9. The molecule has 4 N–H and O–H groups in total. The molecule has 14 unspecified atom stereocenters. The van der Waals surface area contributed by atoms with Crippen LogP contribution in [0.5, 0.6) is 0 Å². The number of β-lactam (4-membered cyclic amide) rings is 1. The second kappa shape index (κ2) is 22.8. The minimum atomic E-state index is -2.30. The molecule has 0 aromatic heterocycles. The van der Waals surface area contributed by atoms with Gasteiger partial charge in [-0.3, -0.25) is 14.4 Å². The summed E-state index contributed by atoms with van der Waals surface area (Å²) < 4.78 is 29.7. The highest BCUT2D eigenvalue weighted by atomic mass is 16.7. The number of fused-ring (bicyclic) bond motifs is 5. The number of ether oxygens (including phenoxy) is 5. The summed E-state index contributed by atoms with van der Waals surface area (Å²) in [5, 5.41) is 46.7. The van der Waals surface area contributed by atoms with Gasteiger partial charge in [0.25, 0.3) is 5.91 Å². The van der Waals surface area contributed by atoms with Crippen LogP contribution in [0.3, 0.4) is 0 Å². The maximum Gasteiger partial charge on any atom is 0.329 e. The molecule has 0 aromatic carbocycles. The number of cyclic esters (lactones) is 1. The number of allylic oxidation sites excluding steroid dienone is 6. The highest BCUT2D eigenvalue weighted by molar-refractivity contribution is 5.98. The number of ketones is 2. The number of amides is 1. The van der Waals surface area contributed by atoms with E-state index in [9.17, 15) is 39.6 Å². The number of Topliss-reactive ketones (excluding diaryl/α,β-unsaturated/α-hetero) is 2. The lowest BCUT2D eigenvalue weighted by molar-refractivity contribution is -0.376. The van der Waals surface area contributed by atoms with Gasteiger partial charge in [0.15, 0.2) is 11.6 Å². The van der Waals surface area contributed by atoms with Gasteiger partial charge in [-0.2, -0.15) is 0 Å². The number of aliphatic hydroxyl groups is 4. The molecular formula is C51H79NO13. The van der Waals surface area contributed by atoms with Gasteiger partial charge < -0.3 is 49.0 Å². The maximum absolute atomic E-state index is 14.4. The van der Waals surface area contributed by atoms with E-state index < -0.39 is 83.6 Å². The highest BCUT2D eigenvalue weighted by Gasteiger charge is 2.75. The van der Waals surface area contributed by atoms with Gasteiger partial charge in [-0.25, -0.2) is 4.79 Å². The van der Waals surface area contributed by atoms with E-state index in [2.05, 4.69) is 0 Å². The predicted molar refractivity (Wildman–Crippen MR) is 244 cm³/mol. The quantitative estimate of drug-likeness (QED) is 0.187. The second-order valence-corrected chi connectivity index (χ2v) is 20.2. The maximum atomic E-state index is 14.4. The normalized spacial score (nSPS) is 41.5. The number of carbonyl (C=O) groups is 4. The molecule has 1 saturated carbocycles. The van der Waals surface area contributed by atoms with E-state index >= 15 is 0 Å². The van der Waals surface area contributed by atoms with Crippen LogP contribution >= 0.6 is 0 Å². The Bertz CT molecular complexity index is 1790. The molecule has 0 radical (unpaired) electrons. The number of carbonyl (C=O) groups excluding carboxylic acids is 4. The van der Waals surface area contributed by atoms with Gasteiger partial charge in [-0.05, 0) is 107 Å². The third kappa shape index (κ3) is 11.6. The molecule has 4 bridgehead atoms. The molecule has 4 fully saturated rings. The summed E-state index contributed by atoms with van der Waals surface area (Å²) in [5.74, 6) is -6.11. The molecule has 3 saturated heterocycles. The molecule has 17 atom stereocenters. The van der Waals surface area contributed by atoms with E-state index in [-0.39, 0.29) is 54.4 Å². The Morgan fingerprint density at radius 2 is 1.58 bits per heavy atom. The summed E-state index contributed by atoms with van der Waals surface area (Å²) in [4.78, 5) is 57.9. The lowest BCUT2D eigenvalue weighted by atomic mass is 9.65. The highest BCUT2D eigenvalue weighted by Crippen LogP contribution is 2.52. The molecule has 1 amide bonds. The summed E-state index contributed by atoms with van der Waals surface area (Å²) >= 11 is 0. The average Bonchev–Trinajstić information content (AvgIpc) is 3.28. The first-order valence-corrected chi connectivity index (χ1v) is 24.1. The van der Waals surface area contributed by atoms with E-state index in [1.807, 2.05) is 58.1 Å². The van der Waals surface area contributed by atoms with Crippen molar-refractivity contribution < 1.29 is 63.3 Å². The van der Waals surface area contributed by atoms with Gasteiger partial charge in [0.2, 0.25) is 11.4 Å². The van der Waals surface area contributed by atoms with Crippen molar-refractivity contribution in [2.45, 2.75) is 192 Å². The minimum Gasteiger partial charge on any atom is -0.460 e. The number of hydrogen-bond acceptors (Lipinski definition) is 13. The molecule has 0 aromatic rings. The fourth-order valence-electron chi connectivity index (χ4n) is 11.2. The lowest BCUT2D eigenvalue weighted by Gasteiger charge is -2.64. The van der Waals surface area contributed by atoms with Gasteiger partial charge in [-0.1, -0.05) is 71.1 Å². The van der Waals surface area contributed by atoms with E-state index in [1.165, 1.54) is 12.0 Å². The van der Waals surface area contributed by atoms with Crippen LogP contribution in [0.25, 0.3) is 0 Å². The van der Waals surface area contributed by atoms with E-state index in [4.69, 9.17) is 23.7 Å². The Morgan fingerprint density at radius 1 is 0.862 bits per heavy atom. The standard InChI is InChI=1S/C51H79NO13/c1-29-15-12-11-13-16-30(2)41(61-8)27-37-21-19-35(7)51(60,65-37)50(59)44-18-14-17-38(52(44)49(50)58)48(57)64-42(32(4)25-36-20-22-39(53)43(26-36)62-9)28-40(54)31(3)24-34(6)46(56)47(63-10)45(55)33(5)23-29/h11-13,15-16,24,29,32-39,41-44,46-47,53,56,59-60H,14,17-23,25-28H2,1-10H3/t29?,32?,33-,34?,35-,36?,37?,38+,39?,41?,42?,43?,44?,46?,47?,50?,51?/m1/s1. The monoisotopic (exact) mass is 914 g/mol. The van der Waals surface area contributed by atoms with Crippen LogP contribution in [0.4, 0.5) is 0 Å². The summed E-state index contributed by atoms with van der Waals surface area (Å²) in [6, 6.07) is -1.97. The summed E-state index contributed by atoms with van der Waals surface area (Å²) in [7, 11) is 4.57. The Balaban J connectivity index is 1.47. The first-order valence-electron chi connectivity index (χ1n) is 24.1. The van der Waals surface area contributed by atoms with Crippen molar-refractivity contribution in [1.82, 2.24) is 4.90 Å². The van der Waals surface area contributed by atoms with Gasteiger partial charge in [0.05, 0.1) is 36.6 Å². The summed E-state index contributed by atoms with van der Waals surface area (Å²) in [5.41, 5.74) is -1.07. The second-order valence-electron chi connectivity index (χ2n) is 20.2. The number of nitrogens with zero attached hydrogens (tertiary/aromatic N) is 1. The fraction of sp³-hybridized carbons (Fsp3) is 0.765. The molecule has 0 spiro atoms. The van der Waals surface area contributed by atoms with Crippen molar-refractivity contribution in [2.24, 2.45) is 35.5 Å². The molecule has 14 heteroatoms. The summed E-state index contributed by atoms with van der Waals surface area (Å²) in [6.45, 7) is 12.8. The van der Waals surface area contributed by atoms with Gasteiger partial charge in [-0.15, -0.1) is 0 Å². The largest absolute Gasteiger partial charge is 0.460 e. The number of methoxy groups -OCH3 is 3. The number of esters is 1. The number of piperidine rings is 1. The molecule has 366 valence electrons. The van der Waals surface area contributed by atoms with Gasteiger partial charge in [0.1, 0.15) is 18.2 Å². The zero-order valence-electron chi connectivity index (χ0n) is 40.5. The van der Waals surface area contributed by atoms with Crippen LogP contribution in [-0.4, -0.2) is 136 Å². The summed E-state index contributed by atoms with van der Waals surface area (Å²) in [6.07, 6.45) is 11.5. The molecular weight excluding hydrogens is 835 g/mol. The zero-order chi connectivity index (χ0) is 48.0. The van der Waals surface area contributed by atoms with Crippen LogP contribution in [0.15, 0.2) is 47.6 Å². The third-order valence-corrected chi connectivity index (χ3v) is 15.4. The van der Waals surface area contributed by atoms with E-state index in [1.54, 1.807) is 41.1 Å². The average molecular weight is 914 g/mol. The van der Waals surface area contributed by atoms with Gasteiger partial charge in [0, 0.05) is 51.9 Å². The predicted octanol–water partition coefficient (Wildman–Crippen LogP) is 5.72. The Hall–Kier alpha value is -3.08. The Kier molecular flexibility index (Phi) is 18.6. The number of aliphatic hydroxyl groups excluding tert-OH is 2. The van der Waals surface area contributed by atoms with E-state index in [0.717, 1.165) is 12.0 Å². The molecule has 65 heavy (non-hydrogen) atoms.